The van der Waals surface area contributed by atoms with E-state index in [2.05, 4.69) is 68.4 Å². The van der Waals surface area contributed by atoms with Gasteiger partial charge in [0.15, 0.2) is 0 Å². The van der Waals surface area contributed by atoms with E-state index < -0.39 is 0 Å². The molecule has 0 radical (unpaired) electrons. The quantitative estimate of drug-likeness (QED) is 0.871. The Morgan fingerprint density at radius 2 is 1.95 bits per heavy atom. The summed E-state index contributed by atoms with van der Waals surface area (Å²) in [5, 5.41) is 3.71. The molecule has 2 unspecified atom stereocenters. The van der Waals surface area contributed by atoms with Crippen LogP contribution in [0.1, 0.15) is 33.6 Å². The third-order valence-corrected chi connectivity index (χ3v) is 4.60. The molecule has 2 nitrogen and oxygen atoms in total. The summed E-state index contributed by atoms with van der Waals surface area (Å²) in [6.45, 7) is 9.24. The molecule has 1 saturated carbocycles. The van der Waals surface area contributed by atoms with Crippen LogP contribution in [-0.2, 0) is 0 Å². The minimum atomic E-state index is 0.429. The van der Waals surface area contributed by atoms with Crippen molar-refractivity contribution in [3.8, 4) is 0 Å². The van der Waals surface area contributed by atoms with Crippen LogP contribution in [0.15, 0.2) is 30.3 Å². The van der Waals surface area contributed by atoms with Crippen LogP contribution in [0.5, 0.6) is 0 Å². The Morgan fingerprint density at radius 1 is 1.26 bits per heavy atom. The van der Waals surface area contributed by atoms with Gasteiger partial charge in [-0.05, 0) is 42.9 Å². The van der Waals surface area contributed by atoms with Gasteiger partial charge < -0.3 is 10.2 Å². The number of hydrogen-bond acceptors (Lipinski definition) is 2. The highest BCUT2D eigenvalue weighted by atomic mass is 15.1. The van der Waals surface area contributed by atoms with Crippen molar-refractivity contribution in [1.29, 1.82) is 0 Å². The number of para-hydroxylation sites is 1. The van der Waals surface area contributed by atoms with Crippen LogP contribution in [0.4, 0.5) is 5.69 Å². The van der Waals surface area contributed by atoms with Crippen molar-refractivity contribution in [3.05, 3.63) is 30.3 Å². The zero-order valence-corrected chi connectivity index (χ0v) is 12.8. The highest BCUT2D eigenvalue weighted by molar-refractivity contribution is 5.45. The third kappa shape index (κ3) is 3.30. The monoisotopic (exact) mass is 260 g/mol. The van der Waals surface area contributed by atoms with Crippen molar-refractivity contribution in [2.75, 3.05) is 25.0 Å². The Hall–Kier alpha value is -1.02. The number of rotatable bonds is 5. The molecule has 1 aromatic rings. The van der Waals surface area contributed by atoms with Gasteiger partial charge in [-0.15, -0.1) is 0 Å². The van der Waals surface area contributed by atoms with Crippen LogP contribution in [0.3, 0.4) is 0 Å². The molecule has 1 aliphatic carbocycles. The third-order valence-electron chi connectivity index (χ3n) is 4.60. The molecule has 19 heavy (non-hydrogen) atoms. The lowest BCUT2D eigenvalue weighted by Gasteiger charge is -2.34. The molecule has 0 amide bonds. The van der Waals surface area contributed by atoms with Gasteiger partial charge in [0.1, 0.15) is 0 Å². The predicted molar refractivity (Wildman–Crippen MR) is 83.7 cm³/mol. The summed E-state index contributed by atoms with van der Waals surface area (Å²) in [4.78, 5) is 2.40. The van der Waals surface area contributed by atoms with E-state index >= 15 is 0 Å². The Bertz CT molecular complexity index is 386. The molecule has 0 bridgehead atoms. The molecule has 0 aromatic heterocycles. The summed E-state index contributed by atoms with van der Waals surface area (Å²) in [6, 6.07) is 11.4. The van der Waals surface area contributed by atoms with Crippen LogP contribution in [0, 0.1) is 11.3 Å². The van der Waals surface area contributed by atoms with E-state index in [1.807, 2.05) is 0 Å². The Morgan fingerprint density at radius 3 is 2.58 bits per heavy atom. The van der Waals surface area contributed by atoms with E-state index in [0.29, 0.717) is 11.5 Å². The summed E-state index contributed by atoms with van der Waals surface area (Å²) >= 11 is 0. The number of benzene rings is 1. The largest absolute Gasteiger partial charge is 0.374 e. The second kappa shape index (κ2) is 5.96. The Balaban J connectivity index is 2.02. The number of nitrogens with one attached hydrogen (secondary N) is 1. The van der Waals surface area contributed by atoms with Crippen LogP contribution >= 0.6 is 0 Å². The molecule has 1 N–H and O–H groups in total. The maximum absolute atomic E-state index is 3.71. The normalized spacial score (nSPS) is 25.5. The Labute approximate surface area is 118 Å². The van der Waals surface area contributed by atoms with Crippen molar-refractivity contribution in [2.45, 2.75) is 39.7 Å². The van der Waals surface area contributed by atoms with E-state index in [-0.39, 0.29) is 0 Å². The smallest absolute Gasteiger partial charge is 0.0363 e. The van der Waals surface area contributed by atoms with Gasteiger partial charge in [-0.3, -0.25) is 0 Å². The molecule has 1 aliphatic rings. The zero-order chi connectivity index (χ0) is 13.9. The van der Waals surface area contributed by atoms with Crippen molar-refractivity contribution < 1.29 is 0 Å². The molecule has 2 atom stereocenters. The fourth-order valence-electron chi connectivity index (χ4n) is 3.52. The van der Waals surface area contributed by atoms with Gasteiger partial charge in [-0.25, -0.2) is 0 Å². The zero-order valence-electron chi connectivity index (χ0n) is 12.8. The number of anilines is 1. The standard InChI is InChI=1S/C17H28N2/c1-5-18-16-14(11-12-17(16,2)3)13-19(4)15-9-7-6-8-10-15/h6-10,14,16,18H,5,11-13H2,1-4H3. The molecular formula is C17H28N2. The van der Waals surface area contributed by atoms with Crippen molar-refractivity contribution in [2.24, 2.45) is 11.3 Å². The van der Waals surface area contributed by atoms with Crippen LogP contribution in [0.25, 0.3) is 0 Å². The lowest BCUT2D eigenvalue weighted by Crippen LogP contribution is -2.45. The molecule has 2 heteroatoms. The molecule has 0 aliphatic heterocycles. The topological polar surface area (TPSA) is 15.3 Å². The average Bonchev–Trinajstić information content (AvgIpc) is 2.68. The summed E-state index contributed by atoms with van der Waals surface area (Å²) in [6.07, 6.45) is 2.67. The summed E-state index contributed by atoms with van der Waals surface area (Å²) in [5.74, 6) is 0.750. The van der Waals surface area contributed by atoms with E-state index in [1.165, 1.54) is 18.5 Å². The van der Waals surface area contributed by atoms with E-state index in [4.69, 9.17) is 0 Å². The summed E-state index contributed by atoms with van der Waals surface area (Å²) < 4.78 is 0. The van der Waals surface area contributed by atoms with Gasteiger partial charge in [-0.1, -0.05) is 39.0 Å². The van der Waals surface area contributed by atoms with Gasteiger partial charge >= 0.3 is 0 Å². The van der Waals surface area contributed by atoms with E-state index in [9.17, 15) is 0 Å². The van der Waals surface area contributed by atoms with Crippen LogP contribution < -0.4 is 10.2 Å². The van der Waals surface area contributed by atoms with Gasteiger partial charge in [-0.2, -0.15) is 0 Å². The fraction of sp³-hybridized carbons (Fsp3) is 0.647. The first kappa shape index (κ1) is 14.4. The summed E-state index contributed by atoms with van der Waals surface area (Å²) in [7, 11) is 2.21. The molecule has 0 saturated heterocycles. The number of nitrogens with zero attached hydrogens (tertiary/aromatic N) is 1. The van der Waals surface area contributed by atoms with Crippen LogP contribution in [-0.4, -0.2) is 26.2 Å². The first-order chi connectivity index (χ1) is 9.04. The SMILES string of the molecule is CCNC1C(CN(C)c2ccccc2)CCC1(C)C. The molecule has 1 aromatic carbocycles. The lowest BCUT2D eigenvalue weighted by molar-refractivity contribution is 0.253. The van der Waals surface area contributed by atoms with Gasteiger partial charge in [0, 0.05) is 25.3 Å². The van der Waals surface area contributed by atoms with E-state index in [0.717, 1.165) is 19.0 Å². The van der Waals surface area contributed by atoms with Gasteiger partial charge in [0.25, 0.3) is 0 Å². The second-order valence-corrected chi connectivity index (χ2v) is 6.54. The molecule has 1 fully saturated rings. The van der Waals surface area contributed by atoms with Crippen molar-refractivity contribution >= 4 is 5.69 Å². The van der Waals surface area contributed by atoms with Crippen molar-refractivity contribution in [3.63, 3.8) is 0 Å². The highest BCUT2D eigenvalue weighted by Crippen LogP contribution is 2.41. The minimum absolute atomic E-state index is 0.429. The summed E-state index contributed by atoms with van der Waals surface area (Å²) in [5.41, 5.74) is 1.75. The number of hydrogen-bond donors (Lipinski definition) is 1. The molecule has 2 rings (SSSR count). The second-order valence-electron chi connectivity index (χ2n) is 6.54. The predicted octanol–water partition coefficient (Wildman–Crippen LogP) is 3.54. The molecule has 106 valence electrons. The molecule has 0 heterocycles. The fourth-order valence-corrected chi connectivity index (χ4v) is 3.52. The highest BCUT2D eigenvalue weighted by Gasteiger charge is 2.41. The maximum atomic E-state index is 3.71. The van der Waals surface area contributed by atoms with E-state index in [1.54, 1.807) is 0 Å². The maximum Gasteiger partial charge on any atom is 0.0363 e. The molecule has 0 spiro atoms. The van der Waals surface area contributed by atoms with Crippen LogP contribution in [0.2, 0.25) is 0 Å². The minimum Gasteiger partial charge on any atom is -0.374 e. The van der Waals surface area contributed by atoms with Gasteiger partial charge in [0.2, 0.25) is 0 Å². The van der Waals surface area contributed by atoms with Gasteiger partial charge in [0.05, 0.1) is 0 Å². The first-order valence-electron chi connectivity index (χ1n) is 7.54. The Kier molecular flexibility index (Phi) is 4.51. The first-order valence-corrected chi connectivity index (χ1v) is 7.54. The van der Waals surface area contributed by atoms with Crippen molar-refractivity contribution in [1.82, 2.24) is 5.32 Å². The average molecular weight is 260 g/mol. The molecular weight excluding hydrogens is 232 g/mol. The lowest BCUT2D eigenvalue weighted by atomic mass is 9.84.